The smallest absolute Gasteiger partial charge is 0.229 e. The summed E-state index contributed by atoms with van der Waals surface area (Å²) in [7, 11) is 0. The third-order valence-electron chi connectivity index (χ3n) is 6.68. The molecular formula is C19H31N3O. The largest absolute Gasteiger partial charge is 0.339 e. The molecule has 4 nitrogen and oxygen atoms in total. The van der Waals surface area contributed by atoms with Gasteiger partial charge in [0.2, 0.25) is 5.89 Å². The van der Waals surface area contributed by atoms with Crippen LogP contribution in [0.15, 0.2) is 4.52 Å². The molecule has 3 saturated carbocycles. The van der Waals surface area contributed by atoms with E-state index in [-0.39, 0.29) is 0 Å². The van der Waals surface area contributed by atoms with Crippen LogP contribution in [0.3, 0.4) is 0 Å². The number of aromatic nitrogens is 2. The Bertz CT molecular complexity index is 522. The molecule has 1 heterocycles. The quantitative estimate of drug-likeness (QED) is 0.864. The third kappa shape index (κ3) is 3.33. The van der Waals surface area contributed by atoms with Gasteiger partial charge < -0.3 is 9.84 Å². The molecule has 0 aliphatic heterocycles. The summed E-state index contributed by atoms with van der Waals surface area (Å²) >= 11 is 0. The molecule has 4 rings (SSSR count). The van der Waals surface area contributed by atoms with Crippen molar-refractivity contribution in [2.75, 3.05) is 0 Å². The van der Waals surface area contributed by atoms with E-state index in [1.54, 1.807) is 0 Å². The lowest BCUT2D eigenvalue weighted by molar-refractivity contribution is 0.0737. The molecule has 0 saturated heterocycles. The van der Waals surface area contributed by atoms with E-state index in [9.17, 15) is 0 Å². The minimum Gasteiger partial charge on any atom is -0.339 e. The Morgan fingerprint density at radius 1 is 1.17 bits per heavy atom. The molecule has 3 fully saturated rings. The lowest BCUT2D eigenvalue weighted by atomic mass is 9.63. The van der Waals surface area contributed by atoms with Gasteiger partial charge in [-0.1, -0.05) is 44.2 Å². The van der Waals surface area contributed by atoms with Crippen molar-refractivity contribution in [2.24, 2.45) is 11.8 Å². The molecule has 23 heavy (non-hydrogen) atoms. The van der Waals surface area contributed by atoms with Crippen molar-refractivity contribution in [3.05, 3.63) is 11.7 Å². The van der Waals surface area contributed by atoms with Crippen molar-refractivity contribution in [3.8, 4) is 0 Å². The second-order valence-electron chi connectivity index (χ2n) is 8.34. The summed E-state index contributed by atoms with van der Waals surface area (Å²) in [5, 5.41) is 8.10. The van der Waals surface area contributed by atoms with Gasteiger partial charge in [-0.05, 0) is 50.4 Å². The molecule has 0 aromatic carbocycles. The van der Waals surface area contributed by atoms with Gasteiger partial charge in [-0.2, -0.15) is 4.98 Å². The van der Waals surface area contributed by atoms with Crippen molar-refractivity contribution >= 4 is 0 Å². The van der Waals surface area contributed by atoms with Gasteiger partial charge in [0.25, 0.3) is 0 Å². The van der Waals surface area contributed by atoms with Crippen molar-refractivity contribution < 1.29 is 4.52 Å². The predicted octanol–water partition coefficient (Wildman–Crippen LogP) is 4.57. The van der Waals surface area contributed by atoms with Gasteiger partial charge in [0.1, 0.15) is 0 Å². The Morgan fingerprint density at radius 2 is 2.04 bits per heavy atom. The summed E-state index contributed by atoms with van der Waals surface area (Å²) in [5.74, 6) is 4.11. The zero-order valence-corrected chi connectivity index (χ0v) is 14.5. The standard InChI is InChI=1S/C19H31N3O/c1-2-14-10-15-6-5-9-19(11-14,12-15)20-13-17-21-18(23-22-17)16-7-3-4-8-16/h14-16,20H,2-13H2,1H3. The van der Waals surface area contributed by atoms with E-state index in [4.69, 9.17) is 4.52 Å². The maximum Gasteiger partial charge on any atom is 0.229 e. The summed E-state index contributed by atoms with van der Waals surface area (Å²) in [4.78, 5) is 4.68. The van der Waals surface area contributed by atoms with Crippen LogP contribution in [0.1, 0.15) is 95.2 Å². The molecule has 3 atom stereocenters. The zero-order valence-electron chi connectivity index (χ0n) is 14.5. The van der Waals surface area contributed by atoms with E-state index in [2.05, 4.69) is 22.4 Å². The van der Waals surface area contributed by atoms with Crippen LogP contribution in [0.2, 0.25) is 0 Å². The van der Waals surface area contributed by atoms with Gasteiger partial charge in [0, 0.05) is 11.5 Å². The summed E-state index contributed by atoms with van der Waals surface area (Å²) in [5.41, 5.74) is 0.343. The maximum absolute atomic E-state index is 5.53. The van der Waals surface area contributed by atoms with E-state index < -0.39 is 0 Å². The van der Waals surface area contributed by atoms with E-state index >= 15 is 0 Å². The first kappa shape index (κ1) is 15.6. The molecule has 2 bridgehead atoms. The molecule has 0 amide bonds. The topological polar surface area (TPSA) is 51.0 Å². The van der Waals surface area contributed by atoms with Crippen LogP contribution in [-0.4, -0.2) is 15.7 Å². The van der Waals surface area contributed by atoms with Crippen molar-refractivity contribution in [1.82, 2.24) is 15.5 Å². The highest BCUT2D eigenvalue weighted by Crippen LogP contribution is 2.46. The monoisotopic (exact) mass is 317 g/mol. The number of hydrogen-bond donors (Lipinski definition) is 1. The second-order valence-corrected chi connectivity index (χ2v) is 8.34. The first-order valence-electron chi connectivity index (χ1n) is 9.84. The normalized spacial score (nSPS) is 34.8. The Kier molecular flexibility index (Phi) is 4.44. The number of nitrogens with zero attached hydrogens (tertiary/aromatic N) is 2. The minimum atomic E-state index is 0.343. The minimum absolute atomic E-state index is 0.343. The first-order valence-corrected chi connectivity index (χ1v) is 9.84. The molecule has 0 radical (unpaired) electrons. The molecule has 1 N–H and O–H groups in total. The molecule has 3 aliphatic carbocycles. The van der Waals surface area contributed by atoms with Gasteiger partial charge in [-0.15, -0.1) is 0 Å². The fourth-order valence-electron chi connectivity index (χ4n) is 5.47. The average Bonchev–Trinajstić information content (AvgIpc) is 3.23. The van der Waals surface area contributed by atoms with Crippen LogP contribution in [0.25, 0.3) is 0 Å². The average molecular weight is 317 g/mol. The molecule has 3 unspecified atom stereocenters. The van der Waals surface area contributed by atoms with E-state index in [0.29, 0.717) is 11.5 Å². The first-order chi connectivity index (χ1) is 11.3. The van der Waals surface area contributed by atoms with Gasteiger partial charge in [0.15, 0.2) is 5.82 Å². The Balaban J connectivity index is 1.39. The summed E-state index contributed by atoms with van der Waals surface area (Å²) in [6, 6.07) is 0. The highest BCUT2D eigenvalue weighted by molar-refractivity contribution is 5.01. The lowest BCUT2D eigenvalue weighted by Crippen LogP contribution is -2.52. The predicted molar refractivity (Wildman–Crippen MR) is 90.1 cm³/mol. The van der Waals surface area contributed by atoms with Crippen LogP contribution >= 0.6 is 0 Å². The van der Waals surface area contributed by atoms with Crippen LogP contribution in [0.4, 0.5) is 0 Å². The molecular weight excluding hydrogens is 286 g/mol. The van der Waals surface area contributed by atoms with Crippen molar-refractivity contribution in [2.45, 2.75) is 95.6 Å². The number of nitrogens with one attached hydrogen (secondary N) is 1. The molecule has 1 aromatic rings. The van der Waals surface area contributed by atoms with Gasteiger partial charge in [-0.3, -0.25) is 0 Å². The molecule has 4 heteroatoms. The van der Waals surface area contributed by atoms with E-state index in [1.807, 2.05) is 0 Å². The fourth-order valence-corrected chi connectivity index (χ4v) is 5.47. The molecule has 0 spiro atoms. The summed E-state index contributed by atoms with van der Waals surface area (Å²) in [6.45, 7) is 3.13. The van der Waals surface area contributed by atoms with E-state index in [1.165, 1.54) is 70.6 Å². The summed E-state index contributed by atoms with van der Waals surface area (Å²) < 4.78 is 5.53. The van der Waals surface area contributed by atoms with Crippen LogP contribution in [0, 0.1) is 11.8 Å². The number of fused-ring (bicyclic) bond motifs is 2. The highest BCUT2D eigenvalue weighted by Gasteiger charge is 2.42. The Labute approximate surface area is 139 Å². The second kappa shape index (κ2) is 6.54. The molecule has 1 aromatic heterocycles. The SMILES string of the molecule is CCC1CC2CCCC(NCc3noc(C4CCCC4)n3)(C1)C2. The fraction of sp³-hybridized carbons (Fsp3) is 0.895. The van der Waals surface area contributed by atoms with Gasteiger partial charge >= 0.3 is 0 Å². The van der Waals surface area contributed by atoms with Gasteiger partial charge in [-0.25, -0.2) is 0 Å². The van der Waals surface area contributed by atoms with Gasteiger partial charge in [0.05, 0.1) is 6.54 Å². The maximum atomic E-state index is 5.53. The highest BCUT2D eigenvalue weighted by atomic mass is 16.5. The van der Waals surface area contributed by atoms with E-state index in [0.717, 1.165) is 30.1 Å². The zero-order chi connectivity index (χ0) is 15.7. The van der Waals surface area contributed by atoms with Crippen LogP contribution in [-0.2, 0) is 6.54 Å². The third-order valence-corrected chi connectivity index (χ3v) is 6.68. The summed E-state index contributed by atoms with van der Waals surface area (Å²) in [6.07, 6.45) is 14.7. The van der Waals surface area contributed by atoms with Crippen molar-refractivity contribution in [1.29, 1.82) is 0 Å². The Morgan fingerprint density at radius 3 is 2.87 bits per heavy atom. The number of hydrogen-bond acceptors (Lipinski definition) is 4. The van der Waals surface area contributed by atoms with Crippen LogP contribution < -0.4 is 5.32 Å². The lowest BCUT2D eigenvalue weighted by Gasteiger charge is -2.49. The Hall–Kier alpha value is -0.900. The van der Waals surface area contributed by atoms with Crippen molar-refractivity contribution in [3.63, 3.8) is 0 Å². The molecule has 3 aliphatic rings. The molecule has 128 valence electrons. The number of rotatable bonds is 5. The van der Waals surface area contributed by atoms with Crippen LogP contribution in [0.5, 0.6) is 0 Å².